The second-order valence-electron chi connectivity index (χ2n) is 9.53. The van der Waals surface area contributed by atoms with Crippen molar-refractivity contribution >= 4 is 0 Å². The van der Waals surface area contributed by atoms with Crippen molar-refractivity contribution in [1.82, 2.24) is 20.2 Å². The average molecular weight is 407 g/mol. The minimum Gasteiger partial charge on any atom is -0.322 e. The van der Waals surface area contributed by atoms with Gasteiger partial charge in [0.2, 0.25) is 5.82 Å². The van der Waals surface area contributed by atoms with E-state index in [9.17, 15) is 0 Å². The highest BCUT2D eigenvalue weighted by Gasteiger charge is 2.37. The van der Waals surface area contributed by atoms with Crippen LogP contribution in [0.25, 0.3) is 0 Å². The SMILES string of the molecule is Cc1ccc([C@@H](c2nnnn2C(C)(C)C)[NH+]2CC[NH+](Cc3ccccc3)CC2)cc1. The molecule has 2 heterocycles. The van der Waals surface area contributed by atoms with E-state index in [4.69, 9.17) is 0 Å². The molecule has 0 spiro atoms. The Labute approximate surface area is 179 Å². The Kier molecular flexibility index (Phi) is 5.97. The van der Waals surface area contributed by atoms with E-state index in [0.29, 0.717) is 0 Å². The van der Waals surface area contributed by atoms with E-state index in [1.807, 2.05) is 4.68 Å². The molecule has 1 fully saturated rings. The first kappa shape index (κ1) is 20.7. The van der Waals surface area contributed by atoms with Crippen molar-refractivity contribution in [2.75, 3.05) is 26.2 Å². The van der Waals surface area contributed by atoms with E-state index in [1.165, 1.54) is 16.7 Å². The molecule has 158 valence electrons. The molecule has 2 aromatic carbocycles. The van der Waals surface area contributed by atoms with Crippen molar-refractivity contribution < 1.29 is 9.80 Å². The number of aryl methyl sites for hydroxylation is 1. The van der Waals surface area contributed by atoms with Gasteiger partial charge in [0.15, 0.2) is 6.04 Å². The van der Waals surface area contributed by atoms with Crippen LogP contribution in [0.2, 0.25) is 0 Å². The molecule has 6 nitrogen and oxygen atoms in total. The number of nitrogens with zero attached hydrogens (tertiary/aromatic N) is 4. The highest BCUT2D eigenvalue weighted by molar-refractivity contribution is 5.26. The summed E-state index contributed by atoms with van der Waals surface area (Å²) in [6.45, 7) is 14.3. The molecule has 0 unspecified atom stereocenters. The molecule has 2 N–H and O–H groups in total. The monoisotopic (exact) mass is 406 g/mol. The Balaban J connectivity index is 1.57. The maximum absolute atomic E-state index is 4.52. The maximum atomic E-state index is 4.52. The molecule has 1 aliphatic heterocycles. The van der Waals surface area contributed by atoms with E-state index in [1.54, 1.807) is 9.80 Å². The third-order valence-electron chi connectivity index (χ3n) is 6.10. The van der Waals surface area contributed by atoms with Crippen molar-refractivity contribution in [1.29, 1.82) is 0 Å². The second kappa shape index (κ2) is 8.66. The van der Waals surface area contributed by atoms with Crippen LogP contribution in [0.5, 0.6) is 0 Å². The lowest BCUT2D eigenvalue weighted by atomic mass is 10.0. The van der Waals surface area contributed by atoms with Gasteiger partial charge in [-0.05, 0) is 38.1 Å². The first-order chi connectivity index (χ1) is 14.4. The Bertz CT molecular complexity index is 934. The zero-order valence-electron chi connectivity index (χ0n) is 18.6. The highest BCUT2D eigenvalue weighted by atomic mass is 15.6. The average Bonchev–Trinajstić information content (AvgIpc) is 3.22. The van der Waals surface area contributed by atoms with Gasteiger partial charge in [0.1, 0.15) is 32.7 Å². The zero-order chi connectivity index (χ0) is 21.1. The molecule has 0 radical (unpaired) electrons. The molecule has 1 aliphatic rings. The quantitative estimate of drug-likeness (QED) is 0.659. The van der Waals surface area contributed by atoms with E-state index >= 15 is 0 Å². The van der Waals surface area contributed by atoms with Crippen molar-refractivity contribution in [2.45, 2.75) is 45.8 Å². The molecule has 0 amide bonds. The lowest BCUT2D eigenvalue weighted by Crippen LogP contribution is -3.27. The Morgan fingerprint density at radius 3 is 2.23 bits per heavy atom. The van der Waals surface area contributed by atoms with Crippen LogP contribution in [-0.4, -0.2) is 46.4 Å². The van der Waals surface area contributed by atoms with Crippen LogP contribution in [0.3, 0.4) is 0 Å². The molecule has 0 saturated carbocycles. The lowest BCUT2D eigenvalue weighted by Gasteiger charge is -2.35. The van der Waals surface area contributed by atoms with Crippen molar-refractivity contribution in [3.63, 3.8) is 0 Å². The number of rotatable bonds is 5. The Hall–Kier alpha value is -2.57. The molecule has 6 heteroatoms. The van der Waals surface area contributed by atoms with Crippen LogP contribution in [0, 0.1) is 6.92 Å². The van der Waals surface area contributed by atoms with Crippen LogP contribution in [0.1, 0.15) is 49.3 Å². The first-order valence-electron chi connectivity index (χ1n) is 11.0. The van der Waals surface area contributed by atoms with E-state index in [0.717, 1.165) is 38.5 Å². The van der Waals surface area contributed by atoms with Crippen molar-refractivity contribution in [3.05, 3.63) is 77.1 Å². The first-order valence-corrected chi connectivity index (χ1v) is 11.0. The van der Waals surface area contributed by atoms with Crippen LogP contribution >= 0.6 is 0 Å². The molecule has 0 aliphatic carbocycles. The third kappa shape index (κ3) is 4.60. The molecule has 3 aromatic rings. The van der Waals surface area contributed by atoms with Gasteiger partial charge in [0.05, 0.1) is 5.54 Å². The van der Waals surface area contributed by atoms with Crippen LogP contribution < -0.4 is 9.80 Å². The topological polar surface area (TPSA) is 52.5 Å². The molecule has 0 bridgehead atoms. The van der Waals surface area contributed by atoms with E-state index < -0.39 is 0 Å². The number of aromatic nitrogens is 4. The normalized spacial score (nSPS) is 20.8. The largest absolute Gasteiger partial charge is 0.322 e. The molecule has 1 aromatic heterocycles. The standard InChI is InChI=1S/C24H32N6/c1-19-10-12-21(13-11-19)22(23-25-26-27-30(23)24(2,3)4)29-16-14-28(15-17-29)18-20-8-6-5-7-9-20/h5-13,22H,14-18H2,1-4H3/p+2/t22-/m0/s1. The summed E-state index contributed by atoms with van der Waals surface area (Å²) in [4.78, 5) is 3.21. The van der Waals surface area contributed by atoms with Gasteiger partial charge in [0, 0.05) is 11.1 Å². The number of hydrogen-bond acceptors (Lipinski definition) is 3. The fourth-order valence-electron chi connectivity index (χ4n) is 4.45. The Morgan fingerprint density at radius 2 is 1.60 bits per heavy atom. The third-order valence-corrected chi connectivity index (χ3v) is 6.10. The molecule has 4 rings (SSSR count). The molecule has 1 atom stereocenters. The predicted molar refractivity (Wildman–Crippen MR) is 117 cm³/mol. The van der Waals surface area contributed by atoms with Gasteiger partial charge in [0.25, 0.3) is 0 Å². The van der Waals surface area contributed by atoms with Gasteiger partial charge in [-0.15, -0.1) is 5.10 Å². The van der Waals surface area contributed by atoms with Crippen molar-refractivity contribution in [2.24, 2.45) is 0 Å². The van der Waals surface area contributed by atoms with Crippen LogP contribution in [0.15, 0.2) is 54.6 Å². The van der Waals surface area contributed by atoms with Gasteiger partial charge in [-0.25, -0.2) is 4.68 Å². The summed E-state index contributed by atoms with van der Waals surface area (Å²) >= 11 is 0. The molecular weight excluding hydrogens is 372 g/mol. The highest BCUT2D eigenvalue weighted by Crippen LogP contribution is 2.22. The summed E-state index contributed by atoms with van der Waals surface area (Å²) in [7, 11) is 0. The summed E-state index contributed by atoms with van der Waals surface area (Å²) < 4.78 is 2.01. The summed E-state index contributed by atoms with van der Waals surface area (Å²) in [5.74, 6) is 0.966. The predicted octanol–water partition coefficient (Wildman–Crippen LogP) is 0.810. The van der Waals surface area contributed by atoms with Crippen molar-refractivity contribution in [3.8, 4) is 0 Å². The lowest BCUT2D eigenvalue weighted by molar-refractivity contribution is -1.03. The smallest absolute Gasteiger partial charge is 0.214 e. The molecule has 30 heavy (non-hydrogen) atoms. The van der Waals surface area contributed by atoms with Crippen LogP contribution in [0.4, 0.5) is 0 Å². The molecule has 1 saturated heterocycles. The number of tetrazole rings is 1. The number of benzene rings is 2. The van der Waals surface area contributed by atoms with Gasteiger partial charge < -0.3 is 9.80 Å². The summed E-state index contributed by atoms with van der Waals surface area (Å²) in [5.41, 5.74) is 3.84. The number of piperazine rings is 1. The second-order valence-corrected chi connectivity index (χ2v) is 9.53. The number of nitrogens with one attached hydrogen (secondary N) is 2. The minimum absolute atomic E-state index is 0.151. The summed E-state index contributed by atoms with van der Waals surface area (Å²) in [6, 6.07) is 19.9. The zero-order valence-corrected chi connectivity index (χ0v) is 18.6. The Morgan fingerprint density at radius 1 is 0.933 bits per heavy atom. The minimum atomic E-state index is -0.151. The van der Waals surface area contributed by atoms with Gasteiger partial charge >= 0.3 is 0 Å². The van der Waals surface area contributed by atoms with Gasteiger partial charge in [-0.2, -0.15) is 0 Å². The van der Waals surface area contributed by atoms with E-state index in [-0.39, 0.29) is 11.6 Å². The van der Waals surface area contributed by atoms with Crippen LogP contribution in [-0.2, 0) is 12.1 Å². The fraction of sp³-hybridized carbons (Fsp3) is 0.458. The van der Waals surface area contributed by atoms with E-state index in [2.05, 4.69) is 97.8 Å². The summed E-state index contributed by atoms with van der Waals surface area (Å²) in [5, 5.41) is 12.9. The van der Waals surface area contributed by atoms with Gasteiger partial charge in [-0.3, -0.25) is 0 Å². The van der Waals surface area contributed by atoms with Gasteiger partial charge in [-0.1, -0.05) is 60.2 Å². The summed E-state index contributed by atoms with van der Waals surface area (Å²) in [6.07, 6.45) is 0. The number of hydrogen-bond donors (Lipinski definition) is 2. The fourth-order valence-corrected chi connectivity index (χ4v) is 4.45. The molecular formula is C24H34N6+2. The number of quaternary nitrogens is 2. The maximum Gasteiger partial charge on any atom is 0.214 e.